The first-order valence-electron chi connectivity index (χ1n) is 5.92. The van der Waals surface area contributed by atoms with Crippen LogP contribution in [0.4, 0.5) is 0 Å². The molecule has 1 atom stereocenters. The number of hydrogen-bond donors (Lipinski definition) is 0. The molecule has 5 heteroatoms. The first-order chi connectivity index (χ1) is 8.65. The smallest absolute Gasteiger partial charge is 0.243 e. The highest BCUT2D eigenvalue weighted by molar-refractivity contribution is 6.28. The molecule has 0 spiro atoms. The zero-order valence-electron chi connectivity index (χ0n) is 10.7. The van der Waals surface area contributed by atoms with Gasteiger partial charge in [0.15, 0.2) is 0 Å². The summed E-state index contributed by atoms with van der Waals surface area (Å²) >= 11 is 5.91. The van der Waals surface area contributed by atoms with Gasteiger partial charge in [-0.15, -0.1) is 5.10 Å². The molecular weight excluding hydrogens is 250 g/mol. The van der Waals surface area contributed by atoms with Crippen molar-refractivity contribution in [3.05, 3.63) is 35.4 Å². The Morgan fingerprint density at radius 2 is 2.00 bits per heavy atom. The lowest BCUT2D eigenvalue weighted by molar-refractivity contribution is 0.414. The molecule has 0 fully saturated rings. The first kappa shape index (κ1) is 12.9. The Balaban J connectivity index is 2.42. The highest BCUT2D eigenvalue weighted by Gasteiger charge is 2.15. The fourth-order valence-electron chi connectivity index (χ4n) is 1.71. The molecule has 2 aromatic rings. The molecule has 0 radical (unpaired) electrons. The molecule has 0 unspecified atom stereocenters. The quantitative estimate of drug-likeness (QED) is 0.850. The van der Waals surface area contributed by atoms with Crippen LogP contribution in [0.5, 0.6) is 5.75 Å². The Morgan fingerprint density at radius 1 is 1.33 bits per heavy atom. The van der Waals surface area contributed by atoms with Crippen molar-refractivity contribution in [2.45, 2.75) is 26.2 Å². The summed E-state index contributed by atoms with van der Waals surface area (Å²) in [5, 5.41) is 4.51. The van der Waals surface area contributed by atoms with Crippen LogP contribution in [0.1, 0.15) is 32.0 Å². The topological polar surface area (TPSA) is 39.9 Å². The third-order valence-electron chi connectivity index (χ3n) is 2.98. The molecule has 1 heterocycles. The monoisotopic (exact) mass is 265 g/mol. The van der Waals surface area contributed by atoms with Gasteiger partial charge in [0, 0.05) is 5.92 Å². The molecular formula is C13H16ClN3O. The van der Waals surface area contributed by atoms with E-state index in [1.165, 1.54) is 0 Å². The van der Waals surface area contributed by atoms with Gasteiger partial charge >= 0.3 is 0 Å². The van der Waals surface area contributed by atoms with Gasteiger partial charge in [-0.25, -0.2) is 9.67 Å². The minimum absolute atomic E-state index is 0.279. The predicted octanol–water partition coefficient (Wildman–Crippen LogP) is 3.44. The summed E-state index contributed by atoms with van der Waals surface area (Å²) in [7, 11) is 1.64. The third-order valence-corrected chi connectivity index (χ3v) is 3.14. The molecule has 0 bridgehead atoms. The Bertz CT molecular complexity index is 522. The number of nitrogens with zero attached hydrogens (tertiary/aromatic N) is 3. The Hall–Kier alpha value is -1.55. The largest absolute Gasteiger partial charge is 0.497 e. The van der Waals surface area contributed by atoms with Crippen LogP contribution in [0.2, 0.25) is 5.28 Å². The maximum absolute atomic E-state index is 5.91. The lowest BCUT2D eigenvalue weighted by Crippen LogP contribution is -2.06. The van der Waals surface area contributed by atoms with Gasteiger partial charge in [0.1, 0.15) is 11.6 Å². The maximum Gasteiger partial charge on any atom is 0.243 e. The van der Waals surface area contributed by atoms with Gasteiger partial charge in [-0.05, 0) is 42.3 Å². The van der Waals surface area contributed by atoms with E-state index in [0.717, 1.165) is 23.7 Å². The molecule has 0 amide bonds. The van der Waals surface area contributed by atoms with Crippen molar-refractivity contribution in [3.8, 4) is 11.4 Å². The summed E-state index contributed by atoms with van der Waals surface area (Å²) in [6.45, 7) is 4.23. The summed E-state index contributed by atoms with van der Waals surface area (Å²) in [6.07, 6.45) is 0.991. The number of halogens is 1. The zero-order valence-corrected chi connectivity index (χ0v) is 11.5. The first-order valence-corrected chi connectivity index (χ1v) is 6.30. The fraction of sp³-hybridized carbons (Fsp3) is 0.385. The molecule has 2 rings (SSSR count). The van der Waals surface area contributed by atoms with Crippen LogP contribution >= 0.6 is 11.6 Å². The maximum atomic E-state index is 5.91. The molecule has 0 saturated carbocycles. The lowest BCUT2D eigenvalue weighted by Gasteiger charge is -2.10. The van der Waals surface area contributed by atoms with Crippen molar-refractivity contribution in [2.75, 3.05) is 7.11 Å². The summed E-state index contributed by atoms with van der Waals surface area (Å²) in [5.74, 6) is 2.01. The number of ether oxygens (including phenoxy) is 1. The summed E-state index contributed by atoms with van der Waals surface area (Å²) < 4.78 is 6.93. The lowest BCUT2D eigenvalue weighted by atomic mass is 10.1. The Morgan fingerprint density at radius 3 is 2.56 bits per heavy atom. The van der Waals surface area contributed by atoms with Crippen molar-refractivity contribution in [3.63, 3.8) is 0 Å². The van der Waals surface area contributed by atoms with Crippen molar-refractivity contribution in [1.29, 1.82) is 0 Å². The van der Waals surface area contributed by atoms with Crippen LogP contribution in [0.25, 0.3) is 5.69 Å². The van der Waals surface area contributed by atoms with Crippen molar-refractivity contribution >= 4 is 11.6 Å². The number of methoxy groups -OCH3 is 1. The molecule has 0 saturated heterocycles. The van der Waals surface area contributed by atoms with Crippen molar-refractivity contribution in [2.24, 2.45) is 0 Å². The van der Waals surface area contributed by atoms with Crippen molar-refractivity contribution in [1.82, 2.24) is 14.8 Å². The number of aromatic nitrogens is 3. The standard InChI is InChI=1S/C13H16ClN3O/c1-4-9(2)12-15-13(14)16-17(12)10-5-7-11(18-3)8-6-10/h5-9H,4H2,1-3H3/t9-/m1/s1. The SMILES string of the molecule is CC[C@@H](C)c1nc(Cl)nn1-c1ccc(OC)cc1. The minimum Gasteiger partial charge on any atom is -0.497 e. The molecule has 18 heavy (non-hydrogen) atoms. The second-order valence-corrected chi connectivity index (χ2v) is 4.50. The second kappa shape index (κ2) is 5.40. The summed E-state index contributed by atoms with van der Waals surface area (Å²) in [6, 6.07) is 7.67. The van der Waals surface area contributed by atoms with E-state index in [4.69, 9.17) is 16.3 Å². The van der Waals surface area contributed by atoms with E-state index < -0.39 is 0 Å². The van der Waals surface area contributed by atoms with Gasteiger partial charge < -0.3 is 4.74 Å². The van der Waals surface area contributed by atoms with E-state index in [2.05, 4.69) is 23.9 Å². The van der Waals surface area contributed by atoms with Crippen LogP contribution < -0.4 is 4.74 Å². The molecule has 4 nitrogen and oxygen atoms in total. The summed E-state index contributed by atoms with van der Waals surface area (Å²) in [5.41, 5.74) is 0.936. The second-order valence-electron chi connectivity index (χ2n) is 4.16. The van der Waals surface area contributed by atoms with E-state index in [1.807, 2.05) is 24.3 Å². The molecule has 96 valence electrons. The van der Waals surface area contributed by atoms with E-state index in [0.29, 0.717) is 5.92 Å². The van der Waals surface area contributed by atoms with Gasteiger partial charge in [-0.2, -0.15) is 0 Å². The van der Waals surface area contributed by atoms with E-state index >= 15 is 0 Å². The van der Waals surface area contributed by atoms with Crippen molar-refractivity contribution < 1.29 is 4.74 Å². The Kier molecular flexibility index (Phi) is 3.87. The highest BCUT2D eigenvalue weighted by Crippen LogP contribution is 2.23. The van der Waals surface area contributed by atoms with Crippen LogP contribution in [0.15, 0.2) is 24.3 Å². The van der Waals surface area contributed by atoms with Gasteiger partial charge in [-0.1, -0.05) is 13.8 Å². The molecule has 1 aromatic carbocycles. The fourth-order valence-corrected chi connectivity index (χ4v) is 1.88. The molecule has 0 aliphatic heterocycles. The number of benzene rings is 1. The Labute approximate surface area is 112 Å². The van der Waals surface area contributed by atoms with Gasteiger partial charge in [0.2, 0.25) is 5.28 Å². The van der Waals surface area contributed by atoms with E-state index in [-0.39, 0.29) is 5.28 Å². The molecule has 0 aliphatic rings. The van der Waals surface area contributed by atoms with Crippen LogP contribution in [0.3, 0.4) is 0 Å². The van der Waals surface area contributed by atoms with Crippen LogP contribution in [0, 0.1) is 0 Å². The van der Waals surface area contributed by atoms with E-state index in [9.17, 15) is 0 Å². The number of rotatable bonds is 4. The normalized spacial score (nSPS) is 12.4. The minimum atomic E-state index is 0.279. The van der Waals surface area contributed by atoms with Gasteiger partial charge in [0.05, 0.1) is 12.8 Å². The molecule has 0 aliphatic carbocycles. The van der Waals surface area contributed by atoms with Crippen LogP contribution in [-0.4, -0.2) is 21.9 Å². The third kappa shape index (κ3) is 2.48. The molecule has 0 N–H and O–H groups in total. The average molecular weight is 266 g/mol. The predicted molar refractivity (Wildman–Crippen MR) is 71.6 cm³/mol. The summed E-state index contributed by atoms with van der Waals surface area (Å²) in [4.78, 5) is 4.29. The van der Waals surface area contributed by atoms with Gasteiger partial charge in [-0.3, -0.25) is 0 Å². The number of hydrogen-bond acceptors (Lipinski definition) is 3. The van der Waals surface area contributed by atoms with Crippen LogP contribution in [-0.2, 0) is 0 Å². The van der Waals surface area contributed by atoms with E-state index in [1.54, 1.807) is 11.8 Å². The van der Waals surface area contributed by atoms with Gasteiger partial charge in [0.25, 0.3) is 0 Å². The average Bonchev–Trinajstić information content (AvgIpc) is 2.80. The molecule has 1 aromatic heterocycles. The zero-order chi connectivity index (χ0) is 13.1. The highest BCUT2D eigenvalue weighted by atomic mass is 35.5.